The smallest absolute Gasteiger partial charge is 0.305 e. The highest BCUT2D eigenvalue weighted by Crippen LogP contribution is 2.52. The fraction of sp³-hybridized carbons (Fsp3) is 0.300. The number of ether oxygens (including phenoxy) is 4. The lowest BCUT2D eigenvalue weighted by Crippen LogP contribution is -2.19. The van der Waals surface area contributed by atoms with Crippen LogP contribution in [-0.4, -0.2) is 46.1 Å². The third-order valence-electron chi connectivity index (χ3n) is 4.29. The third kappa shape index (κ3) is 4.37. The minimum atomic E-state index is -3.70. The van der Waals surface area contributed by atoms with Crippen LogP contribution in [0.4, 0.5) is 0 Å². The molecule has 0 fully saturated rings. The molecule has 0 heterocycles. The van der Waals surface area contributed by atoms with E-state index in [2.05, 4.69) is 4.74 Å². The Morgan fingerprint density at radius 3 is 1.93 bits per heavy atom. The number of carbonyl (C=O) groups is 2. The average molecular weight is 406 g/mol. The first-order valence-electron chi connectivity index (χ1n) is 8.47. The fourth-order valence-corrected chi connectivity index (χ4v) is 5.19. The number of benzene rings is 2. The van der Waals surface area contributed by atoms with Gasteiger partial charge in [-0.1, -0.05) is 30.3 Å². The highest BCUT2D eigenvalue weighted by molar-refractivity contribution is 7.87. The zero-order valence-corrected chi connectivity index (χ0v) is 17.2. The maximum atomic E-state index is 13.9. The molecule has 7 nitrogen and oxygen atoms in total. The normalized spacial score (nSPS) is 12.6. The highest BCUT2D eigenvalue weighted by atomic mass is 31.2. The van der Waals surface area contributed by atoms with E-state index < -0.39 is 18.6 Å². The SMILES string of the molecule is COC(=O)CCP(=O)(C(=O)c1c(OC)cc(OC)cc1OC)c1ccccc1. The second-order valence-corrected chi connectivity index (χ2v) is 8.69. The molecule has 0 bridgehead atoms. The summed E-state index contributed by atoms with van der Waals surface area (Å²) in [6.07, 6.45) is -0.323. The summed E-state index contributed by atoms with van der Waals surface area (Å²) in [7, 11) is 1.81. The van der Waals surface area contributed by atoms with Crippen molar-refractivity contribution in [1.29, 1.82) is 0 Å². The van der Waals surface area contributed by atoms with Gasteiger partial charge in [-0.25, -0.2) is 0 Å². The molecule has 0 amide bonds. The summed E-state index contributed by atoms with van der Waals surface area (Å²) in [5.41, 5.74) is -0.609. The van der Waals surface area contributed by atoms with E-state index in [1.807, 2.05) is 0 Å². The summed E-state index contributed by atoms with van der Waals surface area (Å²) in [5.74, 6) is 0.234. The first-order chi connectivity index (χ1) is 13.4. The Morgan fingerprint density at radius 1 is 0.893 bits per heavy atom. The van der Waals surface area contributed by atoms with Crippen molar-refractivity contribution in [1.82, 2.24) is 0 Å². The van der Waals surface area contributed by atoms with E-state index in [1.165, 1.54) is 40.6 Å². The lowest BCUT2D eigenvalue weighted by atomic mass is 10.2. The van der Waals surface area contributed by atoms with Crippen molar-refractivity contribution in [2.75, 3.05) is 34.6 Å². The molecule has 0 spiro atoms. The summed E-state index contributed by atoms with van der Waals surface area (Å²) < 4.78 is 34.4. The van der Waals surface area contributed by atoms with E-state index in [0.717, 1.165) is 0 Å². The fourth-order valence-electron chi connectivity index (χ4n) is 2.76. The van der Waals surface area contributed by atoms with E-state index in [9.17, 15) is 14.2 Å². The van der Waals surface area contributed by atoms with Crippen molar-refractivity contribution in [3.63, 3.8) is 0 Å². The molecule has 2 rings (SSSR count). The number of rotatable bonds is 9. The van der Waals surface area contributed by atoms with E-state index >= 15 is 0 Å². The molecule has 2 aromatic carbocycles. The van der Waals surface area contributed by atoms with Crippen LogP contribution in [-0.2, 0) is 14.1 Å². The van der Waals surface area contributed by atoms with Crippen LogP contribution >= 0.6 is 7.14 Å². The van der Waals surface area contributed by atoms with Crippen molar-refractivity contribution in [3.05, 3.63) is 48.0 Å². The molecular formula is C20H23O7P. The third-order valence-corrected chi connectivity index (χ3v) is 7.15. The predicted molar refractivity (Wildman–Crippen MR) is 106 cm³/mol. The second-order valence-electron chi connectivity index (χ2n) is 5.84. The number of carbonyl (C=O) groups excluding carboxylic acids is 2. The molecule has 1 atom stereocenters. The van der Waals surface area contributed by atoms with Crippen molar-refractivity contribution >= 4 is 23.9 Å². The summed E-state index contributed by atoms with van der Waals surface area (Å²) >= 11 is 0. The van der Waals surface area contributed by atoms with Gasteiger partial charge in [-0.15, -0.1) is 0 Å². The predicted octanol–water partition coefficient (Wildman–Crippen LogP) is 3.10. The monoisotopic (exact) mass is 406 g/mol. The highest BCUT2D eigenvalue weighted by Gasteiger charge is 2.38. The number of esters is 1. The van der Waals surface area contributed by atoms with Gasteiger partial charge in [0.15, 0.2) is 7.14 Å². The Balaban J connectivity index is 2.63. The van der Waals surface area contributed by atoms with Gasteiger partial charge in [0, 0.05) is 23.6 Å². The molecule has 0 aromatic heterocycles. The molecule has 0 aliphatic heterocycles. The van der Waals surface area contributed by atoms with E-state index in [0.29, 0.717) is 11.1 Å². The molecule has 0 aliphatic carbocycles. The van der Waals surface area contributed by atoms with Crippen LogP contribution in [0.2, 0.25) is 0 Å². The Labute approximate surface area is 163 Å². The minimum Gasteiger partial charge on any atom is -0.496 e. The Hall–Kier alpha value is -2.79. The molecular weight excluding hydrogens is 383 g/mol. The maximum absolute atomic E-state index is 13.9. The Kier molecular flexibility index (Phi) is 7.24. The summed E-state index contributed by atoms with van der Waals surface area (Å²) in [4.78, 5) is 25.2. The average Bonchev–Trinajstić information content (AvgIpc) is 2.75. The number of hydrogen-bond donors (Lipinski definition) is 0. The van der Waals surface area contributed by atoms with Crippen molar-refractivity contribution < 1.29 is 33.1 Å². The quantitative estimate of drug-likeness (QED) is 0.467. The van der Waals surface area contributed by atoms with E-state index in [1.54, 1.807) is 30.3 Å². The molecule has 0 saturated carbocycles. The van der Waals surface area contributed by atoms with Crippen LogP contribution in [0.1, 0.15) is 16.8 Å². The van der Waals surface area contributed by atoms with E-state index in [-0.39, 0.29) is 29.6 Å². The van der Waals surface area contributed by atoms with Gasteiger partial charge >= 0.3 is 5.97 Å². The standard InChI is InChI=1S/C20H23O7P/c1-24-14-12-16(25-2)19(17(13-14)26-3)20(22)28(23,11-10-18(21)27-4)15-8-6-5-7-9-15/h5-9,12-13H,10-11H2,1-4H3. The van der Waals surface area contributed by atoms with Gasteiger partial charge in [0.1, 0.15) is 22.8 Å². The summed E-state index contributed by atoms with van der Waals surface area (Å²) in [6, 6.07) is 11.4. The lowest BCUT2D eigenvalue weighted by Gasteiger charge is -2.20. The van der Waals surface area contributed by atoms with Gasteiger partial charge in [-0.05, 0) is 0 Å². The van der Waals surface area contributed by atoms with Crippen LogP contribution in [0, 0.1) is 0 Å². The van der Waals surface area contributed by atoms with Gasteiger partial charge in [0.25, 0.3) is 0 Å². The molecule has 2 aromatic rings. The Morgan fingerprint density at radius 2 is 1.46 bits per heavy atom. The summed E-state index contributed by atoms with van der Waals surface area (Å²) in [5, 5.41) is 0.351. The first kappa shape index (κ1) is 21.5. The van der Waals surface area contributed by atoms with Crippen LogP contribution in [0.3, 0.4) is 0 Å². The van der Waals surface area contributed by atoms with Crippen molar-refractivity contribution in [2.45, 2.75) is 6.42 Å². The molecule has 28 heavy (non-hydrogen) atoms. The van der Waals surface area contributed by atoms with Crippen LogP contribution < -0.4 is 19.5 Å². The molecule has 0 saturated heterocycles. The second kappa shape index (κ2) is 9.42. The van der Waals surface area contributed by atoms with Crippen LogP contribution in [0.15, 0.2) is 42.5 Å². The molecule has 0 radical (unpaired) electrons. The largest absolute Gasteiger partial charge is 0.496 e. The summed E-state index contributed by atoms with van der Waals surface area (Å²) in [6.45, 7) is 0. The van der Waals surface area contributed by atoms with Crippen molar-refractivity contribution in [3.8, 4) is 17.2 Å². The van der Waals surface area contributed by atoms with Gasteiger partial charge in [0.05, 0.1) is 34.9 Å². The van der Waals surface area contributed by atoms with Gasteiger partial charge < -0.3 is 23.5 Å². The number of hydrogen-bond acceptors (Lipinski definition) is 7. The van der Waals surface area contributed by atoms with Gasteiger partial charge in [0.2, 0.25) is 5.52 Å². The van der Waals surface area contributed by atoms with Crippen LogP contribution in [0.5, 0.6) is 17.2 Å². The molecule has 8 heteroatoms. The van der Waals surface area contributed by atoms with Crippen LogP contribution in [0.25, 0.3) is 0 Å². The van der Waals surface area contributed by atoms with Crippen molar-refractivity contribution in [2.24, 2.45) is 0 Å². The molecule has 0 aliphatic rings. The zero-order valence-electron chi connectivity index (χ0n) is 16.3. The van der Waals surface area contributed by atoms with Gasteiger partial charge in [-0.2, -0.15) is 0 Å². The molecule has 1 unspecified atom stereocenters. The molecule has 0 N–H and O–H groups in total. The van der Waals surface area contributed by atoms with Gasteiger partial charge in [-0.3, -0.25) is 9.59 Å². The minimum absolute atomic E-state index is 0.0443. The topological polar surface area (TPSA) is 88.1 Å². The zero-order chi connectivity index (χ0) is 20.7. The lowest BCUT2D eigenvalue weighted by molar-refractivity contribution is -0.140. The van der Waals surface area contributed by atoms with E-state index in [4.69, 9.17) is 14.2 Å². The maximum Gasteiger partial charge on any atom is 0.305 e. The molecule has 150 valence electrons. The Bertz CT molecular complexity index is 868. The number of methoxy groups -OCH3 is 4. The first-order valence-corrected chi connectivity index (χ1v) is 10.4.